The first kappa shape index (κ1) is 21.2. The highest BCUT2D eigenvalue weighted by Crippen LogP contribution is 2.14. The van der Waals surface area contributed by atoms with Crippen LogP contribution < -0.4 is 10.1 Å². The number of carbonyl (C=O) groups excluding carboxylic acids is 1. The highest BCUT2D eigenvalue weighted by Gasteiger charge is 2.18. The zero-order valence-corrected chi connectivity index (χ0v) is 15.7. The zero-order valence-electron chi connectivity index (χ0n) is 15.7. The van der Waals surface area contributed by atoms with E-state index in [0.717, 1.165) is 12.2 Å². The van der Waals surface area contributed by atoms with Gasteiger partial charge in [-0.1, -0.05) is 27.7 Å². The summed E-state index contributed by atoms with van der Waals surface area (Å²) in [5, 5.41) is 12.1. The lowest BCUT2D eigenvalue weighted by molar-refractivity contribution is -0.139. The van der Waals surface area contributed by atoms with Gasteiger partial charge in [-0.05, 0) is 48.9 Å². The van der Waals surface area contributed by atoms with Crippen LogP contribution in [0.15, 0.2) is 24.3 Å². The fourth-order valence-corrected chi connectivity index (χ4v) is 2.40. The molecule has 0 aromatic heterocycles. The molecule has 1 aromatic rings. The molecule has 0 spiro atoms. The number of hydrogen-bond acceptors (Lipinski definition) is 4. The molecule has 5 heteroatoms. The summed E-state index contributed by atoms with van der Waals surface area (Å²) in [5.41, 5.74) is 0.619. The SMILES string of the molecule is CC(C)CCOc1ccc(C(=O)CCN[C@H](CC(C)C)C(=O)O)cc1. The van der Waals surface area contributed by atoms with Crippen molar-refractivity contribution < 1.29 is 19.4 Å². The van der Waals surface area contributed by atoms with Crippen molar-refractivity contribution in [1.82, 2.24) is 5.32 Å². The second kappa shape index (κ2) is 10.9. The largest absolute Gasteiger partial charge is 0.494 e. The number of ketones is 1. The van der Waals surface area contributed by atoms with E-state index in [1.54, 1.807) is 24.3 Å². The molecule has 140 valence electrons. The average Bonchev–Trinajstić information content (AvgIpc) is 2.53. The summed E-state index contributed by atoms with van der Waals surface area (Å²) < 4.78 is 5.64. The van der Waals surface area contributed by atoms with Gasteiger partial charge < -0.3 is 15.2 Å². The van der Waals surface area contributed by atoms with Crippen LogP contribution in [0.3, 0.4) is 0 Å². The molecule has 0 fully saturated rings. The predicted molar refractivity (Wildman–Crippen MR) is 99.2 cm³/mol. The van der Waals surface area contributed by atoms with Crippen molar-refractivity contribution in [2.45, 2.75) is 53.0 Å². The van der Waals surface area contributed by atoms with Crippen LogP contribution >= 0.6 is 0 Å². The lowest BCUT2D eigenvalue weighted by Gasteiger charge is -2.16. The van der Waals surface area contributed by atoms with Crippen molar-refractivity contribution >= 4 is 11.8 Å². The van der Waals surface area contributed by atoms with Crippen LogP contribution in [-0.4, -0.2) is 36.1 Å². The summed E-state index contributed by atoms with van der Waals surface area (Å²) in [6.07, 6.45) is 1.81. The minimum absolute atomic E-state index is 0.00471. The Hall–Kier alpha value is -1.88. The molecule has 0 heterocycles. The fraction of sp³-hybridized carbons (Fsp3) is 0.600. The number of carbonyl (C=O) groups is 2. The van der Waals surface area contributed by atoms with Crippen LogP contribution in [0.4, 0.5) is 0 Å². The predicted octanol–water partition coefficient (Wildman–Crippen LogP) is 3.77. The topological polar surface area (TPSA) is 75.6 Å². The molecule has 0 saturated carbocycles. The quantitative estimate of drug-likeness (QED) is 0.562. The minimum Gasteiger partial charge on any atom is -0.494 e. The number of benzene rings is 1. The molecule has 1 aromatic carbocycles. The summed E-state index contributed by atoms with van der Waals surface area (Å²) >= 11 is 0. The highest BCUT2D eigenvalue weighted by molar-refractivity contribution is 5.96. The molecule has 0 saturated heterocycles. The van der Waals surface area contributed by atoms with Gasteiger partial charge in [0.15, 0.2) is 5.78 Å². The third-order valence-electron chi connectivity index (χ3n) is 3.89. The van der Waals surface area contributed by atoms with Crippen LogP contribution in [-0.2, 0) is 4.79 Å². The molecule has 2 N–H and O–H groups in total. The molecule has 0 bridgehead atoms. The van der Waals surface area contributed by atoms with E-state index in [1.165, 1.54) is 0 Å². The van der Waals surface area contributed by atoms with Gasteiger partial charge >= 0.3 is 5.97 Å². The van der Waals surface area contributed by atoms with Crippen molar-refractivity contribution in [2.75, 3.05) is 13.2 Å². The van der Waals surface area contributed by atoms with Gasteiger partial charge in [0.1, 0.15) is 11.8 Å². The molecular formula is C20H31NO4. The average molecular weight is 349 g/mol. The molecule has 0 amide bonds. The number of carboxylic acid groups (broad SMARTS) is 1. The van der Waals surface area contributed by atoms with Crippen molar-refractivity contribution in [3.63, 3.8) is 0 Å². The summed E-state index contributed by atoms with van der Waals surface area (Å²) in [6.45, 7) is 9.28. The number of hydrogen-bond donors (Lipinski definition) is 2. The first-order valence-electron chi connectivity index (χ1n) is 9.01. The van der Waals surface area contributed by atoms with E-state index in [0.29, 0.717) is 31.1 Å². The van der Waals surface area contributed by atoms with E-state index in [2.05, 4.69) is 19.2 Å². The van der Waals surface area contributed by atoms with Crippen molar-refractivity contribution in [2.24, 2.45) is 11.8 Å². The maximum absolute atomic E-state index is 12.2. The van der Waals surface area contributed by atoms with E-state index in [-0.39, 0.29) is 18.1 Å². The van der Waals surface area contributed by atoms with Gasteiger partial charge in [0.05, 0.1) is 6.61 Å². The van der Waals surface area contributed by atoms with Gasteiger partial charge in [-0.15, -0.1) is 0 Å². The van der Waals surface area contributed by atoms with E-state index >= 15 is 0 Å². The molecule has 0 aliphatic heterocycles. The van der Waals surface area contributed by atoms with E-state index in [9.17, 15) is 14.7 Å². The Morgan fingerprint density at radius 3 is 2.24 bits per heavy atom. The van der Waals surface area contributed by atoms with Gasteiger partial charge in [-0.3, -0.25) is 9.59 Å². The zero-order chi connectivity index (χ0) is 18.8. The van der Waals surface area contributed by atoms with Crippen LogP contribution in [0.1, 0.15) is 57.3 Å². The van der Waals surface area contributed by atoms with Gasteiger partial charge in [0, 0.05) is 18.5 Å². The Bertz CT molecular complexity index is 537. The smallest absolute Gasteiger partial charge is 0.320 e. The number of carboxylic acids is 1. The minimum atomic E-state index is -0.871. The second-order valence-electron chi connectivity index (χ2n) is 7.20. The maximum atomic E-state index is 12.2. The monoisotopic (exact) mass is 349 g/mol. The Labute approximate surface area is 150 Å². The van der Waals surface area contributed by atoms with Crippen LogP contribution in [0.5, 0.6) is 5.75 Å². The highest BCUT2D eigenvalue weighted by atomic mass is 16.5. The number of rotatable bonds is 12. The second-order valence-corrected chi connectivity index (χ2v) is 7.20. The fourth-order valence-electron chi connectivity index (χ4n) is 2.40. The first-order valence-corrected chi connectivity index (χ1v) is 9.01. The lowest BCUT2D eigenvalue weighted by Crippen LogP contribution is -2.38. The Morgan fingerprint density at radius 1 is 1.08 bits per heavy atom. The number of aliphatic carboxylic acids is 1. The molecule has 0 aliphatic carbocycles. The Balaban J connectivity index is 2.42. The summed E-state index contributed by atoms with van der Waals surface area (Å²) in [5.74, 6) is 0.767. The van der Waals surface area contributed by atoms with Crippen LogP contribution in [0.25, 0.3) is 0 Å². The van der Waals surface area contributed by atoms with E-state index in [1.807, 2.05) is 13.8 Å². The normalized spacial score (nSPS) is 12.4. The van der Waals surface area contributed by atoms with Crippen molar-refractivity contribution in [3.8, 4) is 5.75 Å². The van der Waals surface area contributed by atoms with Gasteiger partial charge in [-0.25, -0.2) is 0 Å². The summed E-state index contributed by atoms with van der Waals surface area (Å²) in [6, 6.07) is 6.52. The van der Waals surface area contributed by atoms with Crippen LogP contribution in [0, 0.1) is 11.8 Å². The third kappa shape index (κ3) is 8.68. The number of Topliss-reactive ketones (excluding diaryl/α,β-unsaturated/α-hetero) is 1. The number of nitrogens with one attached hydrogen (secondary N) is 1. The Morgan fingerprint density at radius 2 is 1.72 bits per heavy atom. The molecule has 0 unspecified atom stereocenters. The molecule has 5 nitrogen and oxygen atoms in total. The van der Waals surface area contributed by atoms with Crippen molar-refractivity contribution in [1.29, 1.82) is 0 Å². The summed E-state index contributed by atoms with van der Waals surface area (Å²) in [4.78, 5) is 23.4. The molecule has 1 rings (SSSR count). The molecule has 0 aliphatic rings. The van der Waals surface area contributed by atoms with E-state index < -0.39 is 12.0 Å². The van der Waals surface area contributed by atoms with Gasteiger partial charge in [0.25, 0.3) is 0 Å². The lowest BCUT2D eigenvalue weighted by atomic mass is 10.0. The summed E-state index contributed by atoms with van der Waals surface area (Å²) in [7, 11) is 0. The van der Waals surface area contributed by atoms with Gasteiger partial charge in [-0.2, -0.15) is 0 Å². The molecule has 1 atom stereocenters. The molecule has 0 radical (unpaired) electrons. The first-order chi connectivity index (χ1) is 11.8. The van der Waals surface area contributed by atoms with Crippen molar-refractivity contribution in [3.05, 3.63) is 29.8 Å². The van der Waals surface area contributed by atoms with Crippen LogP contribution in [0.2, 0.25) is 0 Å². The maximum Gasteiger partial charge on any atom is 0.320 e. The van der Waals surface area contributed by atoms with Gasteiger partial charge in [0.2, 0.25) is 0 Å². The van der Waals surface area contributed by atoms with E-state index in [4.69, 9.17) is 4.74 Å². The number of ether oxygens (including phenoxy) is 1. The standard InChI is InChI=1S/C20H31NO4/c1-14(2)10-12-25-17-7-5-16(6-8-17)19(22)9-11-21-18(20(23)24)13-15(3)4/h5-8,14-15,18,21H,9-13H2,1-4H3,(H,23,24)/t18-/m1/s1. The Kier molecular flexibility index (Phi) is 9.21. The molecular weight excluding hydrogens is 318 g/mol. The molecule has 25 heavy (non-hydrogen) atoms. The third-order valence-corrected chi connectivity index (χ3v) is 3.89.